The molecule has 3 rings (SSSR count). The van der Waals surface area contributed by atoms with Crippen molar-refractivity contribution in [1.29, 1.82) is 0 Å². The van der Waals surface area contributed by atoms with Gasteiger partial charge in [-0.2, -0.15) is 0 Å². The van der Waals surface area contributed by atoms with Gasteiger partial charge in [-0.05, 0) is 42.0 Å². The topological polar surface area (TPSA) is 58.2 Å². The van der Waals surface area contributed by atoms with E-state index in [1.54, 1.807) is 48.7 Å². The molecule has 1 aromatic heterocycles. The highest BCUT2D eigenvalue weighted by molar-refractivity contribution is 7.16. The Morgan fingerprint density at radius 3 is 2.54 bits per heavy atom. The van der Waals surface area contributed by atoms with Crippen molar-refractivity contribution in [2.45, 2.75) is 0 Å². The number of carbonyl (C=O) groups excluding carboxylic acids is 2. The smallest absolute Gasteiger partial charge is 0.251 e. The molecule has 0 saturated heterocycles. The Labute approximate surface area is 156 Å². The number of nitrogens with one attached hydrogen (secondary N) is 2. The van der Waals surface area contributed by atoms with Gasteiger partial charge >= 0.3 is 0 Å². The van der Waals surface area contributed by atoms with Gasteiger partial charge in [0.05, 0.1) is 0 Å². The van der Waals surface area contributed by atoms with E-state index in [0.29, 0.717) is 11.3 Å². The number of carbonyl (C=O) groups is 2. The van der Waals surface area contributed by atoms with Crippen molar-refractivity contribution in [3.05, 3.63) is 83.2 Å². The van der Waals surface area contributed by atoms with Crippen molar-refractivity contribution in [3.63, 3.8) is 0 Å². The summed E-state index contributed by atoms with van der Waals surface area (Å²) in [5.74, 6) is -0.433. The SMILES string of the molecule is CNC(=O)c1cccc(NC(=O)/C=C/c2ccc(-c3ccccc3)s2)c1. The summed E-state index contributed by atoms with van der Waals surface area (Å²) >= 11 is 1.62. The zero-order chi connectivity index (χ0) is 18.4. The van der Waals surface area contributed by atoms with Gasteiger partial charge < -0.3 is 10.6 Å². The van der Waals surface area contributed by atoms with E-state index in [1.165, 1.54) is 6.08 Å². The fraction of sp³-hybridized carbons (Fsp3) is 0.0476. The van der Waals surface area contributed by atoms with Gasteiger partial charge in [-0.15, -0.1) is 11.3 Å². The predicted octanol–water partition coefficient (Wildman–Crippen LogP) is 4.43. The number of hydrogen-bond donors (Lipinski definition) is 2. The number of rotatable bonds is 5. The zero-order valence-corrected chi connectivity index (χ0v) is 15.0. The lowest BCUT2D eigenvalue weighted by Gasteiger charge is -2.04. The minimum Gasteiger partial charge on any atom is -0.355 e. The van der Waals surface area contributed by atoms with Crippen molar-refractivity contribution in [1.82, 2.24) is 5.32 Å². The first kappa shape index (κ1) is 17.6. The highest BCUT2D eigenvalue weighted by Gasteiger charge is 2.05. The molecule has 0 bridgehead atoms. The first-order chi connectivity index (χ1) is 12.7. The van der Waals surface area contributed by atoms with E-state index in [1.807, 2.05) is 30.3 Å². The third-order valence-electron chi connectivity index (χ3n) is 3.70. The Kier molecular flexibility index (Phi) is 5.61. The Bertz CT molecular complexity index is 945. The molecular weight excluding hydrogens is 344 g/mol. The summed E-state index contributed by atoms with van der Waals surface area (Å²) in [5, 5.41) is 5.33. The van der Waals surface area contributed by atoms with Gasteiger partial charge in [0.1, 0.15) is 0 Å². The third kappa shape index (κ3) is 4.46. The van der Waals surface area contributed by atoms with E-state index < -0.39 is 0 Å². The zero-order valence-electron chi connectivity index (χ0n) is 14.2. The lowest BCUT2D eigenvalue weighted by Crippen LogP contribution is -2.18. The average molecular weight is 362 g/mol. The van der Waals surface area contributed by atoms with Crippen LogP contribution in [0.3, 0.4) is 0 Å². The van der Waals surface area contributed by atoms with E-state index in [-0.39, 0.29) is 11.8 Å². The standard InChI is InChI=1S/C21H18N2O2S/c1-22-21(25)16-8-5-9-17(14-16)23-20(24)13-11-18-10-12-19(26-18)15-6-3-2-4-7-15/h2-14H,1H3,(H,22,25)(H,23,24)/b13-11+. The van der Waals surface area contributed by atoms with Gasteiger partial charge in [0.15, 0.2) is 0 Å². The summed E-state index contributed by atoms with van der Waals surface area (Å²) in [6, 6.07) is 21.0. The van der Waals surface area contributed by atoms with E-state index in [4.69, 9.17) is 0 Å². The van der Waals surface area contributed by atoms with Crippen LogP contribution in [-0.4, -0.2) is 18.9 Å². The van der Waals surface area contributed by atoms with Crippen molar-refractivity contribution in [2.24, 2.45) is 0 Å². The van der Waals surface area contributed by atoms with E-state index >= 15 is 0 Å². The second-order valence-electron chi connectivity index (χ2n) is 5.55. The second-order valence-corrected chi connectivity index (χ2v) is 6.67. The maximum atomic E-state index is 12.1. The molecule has 0 unspecified atom stereocenters. The van der Waals surface area contributed by atoms with Crippen LogP contribution in [0.1, 0.15) is 15.2 Å². The molecule has 2 aromatic carbocycles. The van der Waals surface area contributed by atoms with E-state index in [9.17, 15) is 9.59 Å². The lowest BCUT2D eigenvalue weighted by molar-refractivity contribution is -0.111. The van der Waals surface area contributed by atoms with Crippen LogP contribution in [0.2, 0.25) is 0 Å². The Balaban J connectivity index is 1.65. The minimum atomic E-state index is -0.242. The summed E-state index contributed by atoms with van der Waals surface area (Å²) in [6.45, 7) is 0. The number of benzene rings is 2. The van der Waals surface area contributed by atoms with Crippen LogP contribution in [0.25, 0.3) is 16.5 Å². The van der Waals surface area contributed by atoms with E-state index in [2.05, 4.69) is 22.8 Å². The molecule has 26 heavy (non-hydrogen) atoms. The number of hydrogen-bond acceptors (Lipinski definition) is 3. The van der Waals surface area contributed by atoms with Crippen LogP contribution in [0, 0.1) is 0 Å². The van der Waals surface area contributed by atoms with Crippen molar-refractivity contribution < 1.29 is 9.59 Å². The quantitative estimate of drug-likeness (QED) is 0.660. The predicted molar refractivity (Wildman–Crippen MR) is 107 cm³/mol. The molecule has 4 nitrogen and oxygen atoms in total. The van der Waals surface area contributed by atoms with Crippen LogP contribution < -0.4 is 10.6 Å². The van der Waals surface area contributed by atoms with Gasteiger partial charge in [0, 0.05) is 34.1 Å². The Hall–Kier alpha value is -3.18. The fourth-order valence-electron chi connectivity index (χ4n) is 2.42. The molecule has 0 aliphatic heterocycles. The molecule has 0 aliphatic rings. The molecule has 5 heteroatoms. The van der Waals surface area contributed by atoms with Crippen LogP contribution in [-0.2, 0) is 4.79 Å². The molecule has 0 aliphatic carbocycles. The van der Waals surface area contributed by atoms with Gasteiger partial charge in [-0.3, -0.25) is 9.59 Å². The number of anilines is 1. The second kappa shape index (κ2) is 8.27. The van der Waals surface area contributed by atoms with Crippen LogP contribution in [0.4, 0.5) is 5.69 Å². The van der Waals surface area contributed by atoms with Crippen molar-refractivity contribution in [3.8, 4) is 10.4 Å². The van der Waals surface area contributed by atoms with Gasteiger partial charge in [0.2, 0.25) is 5.91 Å². The molecular formula is C21H18N2O2S. The molecule has 0 atom stereocenters. The molecule has 2 amide bonds. The largest absolute Gasteiger partial charge is 0.355 e. The summed E-state index contributed by atoms with van der Waals surface area (Å²) in [6.07, 6.45) is 3.28. The lowest BCUT2D eigenvalue weighted by atomic mass is 10.2. The van der Waals surface area contributed by atoms with Crippen LogP contribution >= 0.6 is 11.3 Å². The fourth-order valence-corrected chi connectivity index (χ4v) is 3.34. The molecule has 0 spiro atoms. The number of amides is 2. The monoisotopic (exact) mass is 362 g/mol. The van der Waals surface area contributed by atoms with E-state index in [0.717, 1.165) is 15.3 Å². The third-order valence-corrected chi connectivity index (χ3v) is 4.80. The molecule has 0 fully saturated rings. The summed E-state index contributed by atoms with van der Waals surface area (Å²) in [5.41, 5.74) is 2.24. The van der Waals surface area contributed by atoms with Gasteiger partial charge in [-0.25, -0.2) is 0 Å². The first-order valence-corrected chi connectivity index (χ1v) is 8.94. The van der Waals surface area contributed by atoms with Crippen molar-refractivity contribution in [2.75, 3.05) is 12.4 Å². The van der Waals surface area contributed by atoms with Crippen LogP contribution in [0.5, 0.6) is 0 Å². The molecule has 130 valence electrons. The summed E-state index contributed by atoms with van der Waals surface area (Å²) in [4.78, 5) is 25.9. The minimum absolute atomic E-state index is 0.191. The first-order valence-electron chi connectivity index (χ1n) is 8.12. The Morgan fingerprint density at radius 1 is 0.962 bits per heavy atom. The Morgan fingerprint density at radius 2 is 1.77 bits per heavy atom. The highest BCUT2D eigenvalue weighted by atomic mass is 32.1. The molecule has 3 aromatic rings. The maximum Gasteiger partial charge on any atom is 0.251 e. The van der Waals surface area contributed by atoms with Crippen molar-refractivity contribution >= 4 is 34.9 Å². The maximum absolute atomic E-state index is 12.1. The molecule has 0 radical (unpaired) electrons. The highest BCUT2D eigenvalue weighted by Crippen LogP contribution is 2.28. The molecule has 1 heterocycles. The normalized spacial score (nSPS) is 10.7. The average Bonchev–Trinajstić information content (AvgIpc) is 3.16. The van der Waals surface area contributed by atoms with Gasteiger partial charge in [0.25, 0.3) is 5.91 Å². The number of thiophene rings is 1. The molecule has 0 saturated carbocycles. The summed E-state index contributed by atoms with van der Waals surface area (Å²) in [7, 11) is 1.57. The molecule has 2 N–H and O–H groups in total. The van der Waals surface area contributed by atoms with Crippen LogP contribution in [0.15, 0.2) is 72.8 Å². The van der Waals surface area contributed by atoms with Gasteiger partial charge in [-0.1, -0.05) is 36.4 Å². The summed E-state index contributed by atoms with van der Waals surface area (Å²) < 4.78 is 0.